The molecule has 1 atom stereocenters. The number of hydrogen-bond donors (Lipinski definition) is 1. The monoisotopic (exact) mass is 196 g/mol. The van der Waals surface area contributed by atoms with Gasteiger partial charge in [0.15, 0.2) is 0 Å². The maximum atomic E-state index is 10.6. The van der Waals surface area contributed by atoms with Crippen LogP contribution in [0.25, 0.3) is 0 Å². The molecule has 1 unspecified atom stereocenters. The summed E-state index contributed by atoms with van der Waals surface area (Å²) in [5.41, 5.74) is 0. The van der Waals surface area contributed by atoms with Crippen LogP contribution in [0.1, 0.15) is 6.92 Å². The normalized spacial score (nSPS) is 12.1. The summed E-state index contributed by atoms with van der Waals surface area (Å²) < 4.78 is 4.29. The summed E-state index contributed by atoms with van der Waals surface area (Å²) >= 11 is 1.53. The van der Waals surface area contributed by atoms with Gasteiger partial charge in [-0.1, -0.05) is 0 Å². The van der Waals surface area contributed by atoms with Crippen molar-refractivity contribution in [2.24, 2.45) is 0 Å². The van der Waals surface area contributed by atoms with E-state index in [0.29, 0.717) is 0 Å². The molecule has 0 saturated carbocycles. The van der Waals surface area contributed by atoms with Crippen LogP contribution < -0.4 is 0 Å². The minimum absolute atomic E-state index is 0.627. The Bertz CT molecular complexity index is 199. The van der Waals surface area contributed by atoms with Gasteiger partial charge < -0.3 is 0 Å². The zero-order valence-electron chi connectivity index (χ0n) is 5.60. The quantitative estimate of drug-likeness (QED) is 0.464. The Morgan fingerprint density at radius 1 is 1.45 bits per heavy atom. The third kappa shape index (κ3) is 2.84. The van der Waals surface area contributed by atoms with Crippen LogP contribution >= 0.6 is 0 Å². The molecule has 0 aliphatic heterocycles. The Balaban J connectivity index is 4.39. The molecule has 5 nitrogen and oxygen atoms in total. The molecule has 0 aliphatic rings. The van der Waals surface area contributed by atoms with E-state index in [2.05, 4.69) is 3.66 Å². The molecule has 1 N–H and O–H groups in total. The van der Waals surface area contributed by atoms with Crippen LogP contribution in [-0.4, -0.2) is 28.7 Å². The van der Waals surface area contributed by atoms with Crippen LogP contribution in [0.5, 0.6) is 0 Å². The first-order valence-electron chi connectivity index (χ1n) is 2.58. The Hall–Kier alpha value is -0.646. The van der Waals surface area contributed by atoms with Gasteiger partial charge in [0.2, 0.25) is 0 Å². The second-order valence-corrected chi connectivity index (χ2v) is 2.09. The number of carboxylic acid groups (broad SMARTS) is 1. The molecule has 0 aromatic heterocycles. The van der Waals surface area contributed by atoms with Crippen LogP contribution in [0, 0.1) is 0 Å². The summed E-state index contributed by atoms with van der Waals surface area (Å²) in [5.74, 6) is -3.55. The van der Waals surface area contributed by atoms with Crippen molar-refractivity contribution in [2.45, 2.75) is 13.0 Å². The van der Waals surface area contributed by atoms with E-state index >= 15 is 0 Å². The molecule has 0 spiro atoms. The molecule has 11 heavy (non-hydrogen) atoms. The number of Topliss-reactive ketones (excluding diaryl/α,β-unsaturated/α-hetero) is 2. The van der Waals surface area contributed by atoms with Crippen molar-refractivity contribution in [1.29, 1.82) is 0 Å². The second kappa shape index (κ2) is 4.28. The summed E-state index contributed by atoms with van der Waals surface area (Å²) in [4.78, 5) is 31.1. The molecule has 0 heterocycles. The van der Waals surface area contributed by atoms with Gasteiger partial charge in [0.1, 0.15) is 0 Å². The van der Waals surface area contributed by atoms with E-state index in [4.69, 9.17) is 5.11 Å². The average molecular weight is 196 g/mol. The number of hydrogen-bond acceptors (Lipinski definition) is 4. The molecule has 0 aromatic rings. The first-order chi connectivity index (χ1) is 5.00. The zero-order valence-corrected chi connectivity index (χ0v) is 7.00. The first kappa shape index (κ1) is 10.4. The van der Waals surface area contributed by atoms with Gasteiger partial charge in [0, 0.05) is 0 Å². The van der Waals surface area contributed by atoms with E-state index in [-0.39, 0.29) is 0 Å². The molecule has 6 heteroatoms. The van der Waals surface area contributed by atoms with Gasteiger partial charge in [0.05, 0.1) is 0 Å². The van der Waals surface area contributed by atoms with Gasteiger partial charge in [0.25, 0.3) is 0 Å². The Kier molecular flexibility index (Phi) is 4.03. The van der Waals surface area contributed by atoms with E-state index in [9.17, 15) is 14.4 Å². The van der Waals surface area contributed by atoms with Crippen LogP contribution in [0.3, 0.4) is 0 Å². The molecule has 0 bridgehead atoms. The number of carboxylic acids is 1. The fourth-order valence-corrected chi connectivity index (χ4v) is 0.800. The Morgan fingerprint density at radius 3 is 2.00 bits per heavy atom. The summed E-state index contributed by atoms with van der Waals surface area (Å²) in [7, 11) is 0. The van der Waals surface area contributed by atoms with Crippen molar-refractivity contribution in [3.63, 3.8) is 0 Å². The SMILES string of the molecule is CC(=O)C([O][V])C(=O)C(=O)O. The number of aliphatic carboxylic acids is 1. The molecule has 60 valence electrons. The minimum atomic E-state index is -1.67. The van der Waals surface area contributed by atoms with Gasteiger partial charge in [-0.3, -0.25) is 0 Å². The molecular weight excluding hydrogens is 191 g/mol. The van der Waals surface area contributed by atoms with E-state index in [1.165, 1.54) is 17.8 Å². The summed E-state index contributed by atoms with van der Waals surface area (Å²) in [5, 5.41) is 8.14. The summed E-state index contributed by atoms with van der Waals surface area (Å²) in [6.45, 7) is 1.08. The number of rotatable bonds is 4. The van der Waals surface area contributed by atoms with Crippen molar-refractivity contribution >= 4 is 17.5 Å². The van der Waals surface area contributed by atoms with Gasteiger partial charge in [-0.15, -0.1) is 0 Å². The number of carbonyl (C=O) groups excluding carboxylic acids is 2. The molecule has 0 radical (unpaired) electrons. The molecule has 0 fully saturated rings. The summed E-state index contributed by atoms with van der Waals surface area (Å²) in [6, 6.07) is 0. The van der Waals surface area contributed by atoms with E-state index in [1.807, 2.05) is 0 Å². The summed E-state index contributed by atoms with van der Waals surface area (Å²) in [6.07, 6.45) is -1.49. The number of ketones is 2. The topological polar surface area (TPSA) is 80.7 Å². The van der Waals surface area contributed by atoms with Crippen molar-refractivity contribution in [2.75, 3.05) is 0 Å². The average Bonchev–Trinajstić information content (AvgIpc) is 1.88. The van der Waals surface area contributed by atoms with Crippen molar-refractivity contribution in [1.82, 2.24) is 0 Å². The molecule has 0 rings (SSSR count). The predicted octanol–water partition coefficient (Wildman–Crippen LogP) is -0.924. The first-order valence-corrected chi connectivity index (χ1v) is 3.15. The van der Waals surface area contributed by atoms with E-state index in [1.54, 1.807) is 0 Å². The van der Waals surface area contributed by atoms with Gasteiger partial charge in [-0.2, -0.15) is 0 Å². The molecule has 0 saturated heterocycles. The van der Waals surface area contributed by atoms with Gasteiger partial charge in [-0.25, -0.2) is 0 Å². The van der Waals surface area contributed by atoms with Crippen molar-refractivity contribution in [3.8, 4) is 0 Å². The third-order valence-corrected chi connectivity index (χ3v) is 1.25. The van der Waals surface area contributed by atoms with Crippen LogP contribution in [0.4, 0.5) is 0 Å². The predicted molar refractivity (Wildman–Crippen MR) is 28.2 cm³/mol. The maximum absolute atomic E-state index is 10.6. The zero-order chi connectivity index (χ0) is 9.02. The standard InChI is InChI=1S/C5H5O5.V/c1-2(6)3(7)4(8)5(9)10;/h3H,1H3,(H,9,10);/q-1;+1. The molecular formula is C5H5O5V. The fourth-order valence-electron chi connectivity index (χ4n) is 0.419. The molecule has 0 aliphatic carbocycles. The number of carbonyl (C=O) groups is 3. The fraction of sp³-hybridized carbons (Fsp3) is 0.400. The second-order valence-electron chi connectivity index (χ2n) is 1.77. The Morgan fingerprint density at radius 2 is 1.91 bits per heavy atom. The van der Waals surface area contributed by atoms with Crippen LogP contribution in [0.2, 0.25) is 0 Å². The van der Waals surface area contributed by atoms with Crippen molar-refractivity contribution < 1.29 is 40.9 Å². The van der Waals surface area contributed by atoms with Crippen molar-refractivity contribution in [3.05, 3.63) is 0 Å². The third-order valence-electron chi connectivity index (χ3n) is 0.924. The van der Waals surface area contributed by atoms with E-state index < -0.39 is 23.6 Å². The van der Waals surface area contributed by atoms with E-state index in [0.717, 1.165) is 6.92 Å². The van der Waals surface area contributed by atoms with Gasteiger partial charge in [-0.05, 0) is 0 Å². The Labute approximate surface area is 72.1 Å². The van der Waals surface area contributed by atoms with Crippen LogP contribution in [-0.2, 0) is 35.8 Å². The molecule has 0 aromatic carbocycles. The van der Waals surface area contributed by atoms with Gasteiger partial charge >= 0.3 is 71.5 Å². The molecule has 0 amide bonds. The van der Waals surface area contributed by atoms with Crippen LogP contribution in [0.15, 0.2) is 0 Å².